The Bertz CT molecular complexity index is 405. The van der Waals surface area contributed by atoms with E-state index in [2.05, 4.69) is 6.92 Å². The molecule has 3 nitrogen and oxygen atoms in total. The van der Waals surface area contributed by atoms with Gasteiger partial charge in [-0.1, -0.05) is 44.2 Å². The number of benzene rings is 1. The second-order valence-corrected chi connectivity index (χ2v) is 4.84. The molecule has 1 aromatic rings. The summed E-state index contributed by atoms with van der Waals surface area (Å²) in [5.74, 6) is 0.987. The number of methoxy groups -OCH3 is 1. The highest BCUT2D eigenvalue weighted by Gasteiger charge is 2.12. The van der Waals surface area contributed by atoms with Crippen molar-refractivity contribution < 1.29 is 14.3 Å². The molecule has 0 fully saturated rings. The van der Waals surface area contributed by atoms with Gasteiger partial charge in [-0.3, -0.25) is 4.79 Å². The van der Waals surface area contributed by atoms with Gasteiger partial charge in [0.2, 0.25) is 0 Å². The third-order valence-electron chi connectivity index (χ3n) is 2.89. The van der Waals surface area contributed by atoms with E-state index in [9.17, 15) is 4.79 Å². The summed E-state index contributed by atoms with van der Waals surface area (Å²) in [6.45, 7) is 2.77. The van der Waals surface area contributed by atoms with Crippen molar-refractivity contribution in [2.45, 2.75) is 39.0 Å². The van der Waals surface area contributed by atoms with Crippen molar-refractivity contribution >= 4 is 17.9 Å². The Morgan fingerprint density at radius 1 is 1.21 bits per heavy atom. The molecule has 0 saturated carbocycles. The first kappa shape index (κ1) is 15.8. The van der Waals surface area contributed by atoms with E-state index in [1.807, 2.05) is 0 Å². The van der Waals surface area contributed by atoms with Crippen LogP contribution in [0.4, 0.5) is 0 Å². The molecule has 0 saturated heterocycles. The topological polar surface area (TPSA) is 35.5 Å². The van der Waals surface area contributed by atoms with Gasteiger partial charge in [-0.05, 0) is 12.5 Å². The monoisotopic (exact) mass is 284 g/mol. The van der Waals surface area contributed by atoms with E-state index in [0.29, 0.717) is 28.7 Å². The predicted octanol–water partition coefficient (Wildman–Crippen LogP) is 4.51. The predicted molar refractivity (Wildman–Crippen MR) is 77.6 cm³/mol. The molecule has 0 aromatic heterocycles. The normalized spacial score (nSPS) is 10.3. The quantitative estimate of drug-likeness (QED) is 0.494. The molecule has 19 heavy (non-hydrogen) atoms. The number of ether oxygens (including phenoxy) is 2. The molecule has 106 valence electrons. The molecular weight excluding hydrogens is 264 g/mol. The molecule has 0 bridgehead atoms. The molecule has 0 aliphatic heterocycles. The number of aldehydes is 1. The fraction of sp³-hybridized carbons (Fsp3) is 0.533. The molecule has 0 amide bonds. The lowest BCUT2D eigenvalue weighted by Crippen LogP contribution is -2.02. The summed E-state index contributed by atoms with van der Waals surface area (Å²) in [6, 6.07) is 3.24. The fourth-order valence-corrected chi connectivity index (χ4v) is 2.08. The van der Waals surface area contributed by atoms with Gasteiger partial charge in [-0.2, -0.15) is 0 Å². The Morgan fingerprint density at radius 3 is 2.58 bits per heavy atom. The Kier molecular flexibility index (Phi) is 7.34. The number of halogens is 1. The first-order valence-electron chi connectivity index (χ1n) is 6.68. The van der Waals surface area contributed by atoms with E-state index in [1.54, 1.807) is 12.1 Å². The maximum Gasteiger partial charge on any atom is 0.171 e. The Balaban J connectivity index is 2.58. The smallest absolute Gasteiger partial charge is 0.171 e. The van der Waals surface area contributed by atoms with Crippen LogP contribution < -0.4 is 9.47 Å². The van der Waals surface area contributed by atoms with Crippen LogP contribution in [-0.2, 0) is 0 Å². The summed E-state index contributed by atoms with van der Waals surface area (Å²) >= 11 is 5.90. The first-order valence-corrected chi connectivity index (χ1v) is 7.06. The van der Waals surface area contributed by atoms with E-state index in [1.165, 1.54) is 26.4 Å². The zero-order valence-corrected chi connectivity index (χ0v) is 12.3. The summed E-state index contributed by atoms with van der Waals surface area (Å²) in [5, 5.41) is 0.467. The summed E-state index contributed by atoms with van der Waals surface area (Å²) in [6.07, 6.45) is 6.55. The number of carbonyl (C=O) groups is 1. The minimum Gasteiger partial charge on any atom is -0.493 e. The third kappa shape index (κ3) is 5.11. The molecule has 0 heterocycles. The van der Waals surface area contributed by atoms with Crippen molar-refractivity contribution in [2.75, 3.05) is 13.7 Å². The minimum absolute atomic E-state index is 0.429. The SMILES string of the molecule is CCCCCCCOc1c(C=O)cc(Cl)cc1OC. The largest absolute Gasteiger partial charge is 0.493 e. The Labute approximate surface area is 119 Å². The number of hydrogen-bond donors (Lipinski definition) is 0. The van der Waals surface area contributed by atoms with Gasteiger partial charge in [0.25, 0.3) is 0 Å². The second-order valence-electron chi connectivity index (χ2n) is 4.41. The minimum atomic E-state index is 0.429. The number of unbranched alkanes of at least 4 members (excludes halogenated alkanes) is 4. The molecule has 0 radical (unpaired) electrons. The molecule has 0 unspecified atom stereocenters. The molecule has 0 aliphatic rings. The highest BCUT2D eigenvalue weighted by Crippen LogP contribution is 2.33. The van der Waals surface area contributed by atoms with E-state index >= 15 is 0 Å². The van der Waals surface area contributed by atoms with Crippen LogP contribution in [0.2, 0.25) is 5.02 Å². The molecular formula is C15H21ClO3. The number of rotatable bonds is 9. The second kappa shape index (κ2) is 8.81. The van der Waals surface area contributed by atoms with Gasteiger partial charge < -0.3 is 9.47 Å². The van der Waals surface area contributed by atoms with Crippen LogP contribution in [0.15, 0.2) is 12.1 Å². The van der Waals surface area contributed by atoms with E-state index in [0.717, 1.165) is 19.1 Å². The molecule has 0 atom stereocenters. The Morgan fingerprint density at radius 2 is 1.95 bits per heavy atom. The lowest BCUT2D eigenvalue weighted by atomic mass is 10.1. The summed E-state index contributed by atoms with van der Waals surface area (Å²) in [4.78, 5) is 11.0. The van der Waals surface area contributed by atoms with Crippen LogP contribution in [-0.4, -0.2) is 20.0 Å². The zero-order chi connectivity index (χ0) is 14.1. The van der Waals surface area contributed by atoms with Gasteiger partial charge in [-0.15, -0.1) is 0 Å². The maximum atomic E-state index is 11.0. The van der Waals surface area contributed by atoms with Crippen LogP contribution in [0.25, 0.3) is 0 Å². The third-order valence-corrected chi connectivity index (χ3v) is 3.11. The summed E-state index contributed by atoms with van der Waals surface area (Å²) < 4.78 is 10.9. The number of hydrogen-bond acceptors (Lipinski definition) is 3. The lowest BCUT2D eigenvalue weighted by molar-refractivity contribution is 0.111. The van der Waals surface area contributed by atoms with Crippen LogP contribution in [0.1, 0.15) is 49.4 Å². The van der Waals surface area contributed by atoms with Crippen molar-refractivity contribution in [3.05, 3.63) is 22.7 Å². The summed E-state index contributed by atoms with van der Waals surface area (Å²) in [7, 11) is 1.54. The van der Waals surface area contributed by atoms with Crippen molar-refractivity contribution in [3.8, 4) is 11.5 Å². The van der Waals surface area contributed by atoms with Crippen molar-refractivity contribution in [1.82, 2.24) is 0 Å². The van der Waals surface area contributed by atoms with Crippen LogP contribution in [0.5, 0.6) is 11.5 Å². The molecule has 4 heteroatoms. The van der Waals surface area contributed by atoms with Crippen LogP contribution in [0.3, 0.4) is 0 Å². The van der Waals surface area contributed by atoms with Gasteiger partial charge >= 0.3 is 0 Å². The molecule has 1 aromatic carbocycles. The van der Waals surface area contributed by atoms with Crippen LogP contribution >= 0.6 is 11.6 Å². The van der Waals surface area contributed by atoms with Gasteiger partial charge in [0, 0.05) is 11.1 Å². The standard InChI is InChI=1S/C15H21ClO3/c1-3-4-5-6-7-8-19-15-12(11-17)9-13(16)10-14(15)18-2/h9-11H,3-8H2,1-2H3. The zero-order valence-electron chi connectivity index (χ0n) is 11.6. The average molecular weight is 285 g/mol. The highest BCUT2D eigenvalue weighted by atomic mass is 35.5. The van der Waals surface area contributed by atoms with Crippen LogP contribution in [0, 0.1) is 0 Å². The first-order chi connectivity index (χ1) is 9.22. The van der Waals surface area contributed by atoms with Gasteiger partial charge in [0.15, 0.2) is 17.8 Å². The molecule has 0 spiro atoms. The van der Waals surface area contributed by atoms with Gasteiger partial charge in [0.05, 0.1) is 19.3 Å². The van der Waals surface area contributed by atoms with Gasteiger partial charge in [-0.25, -0.2) is 0 Å². The highest BCUT2D eigenvalue weighted by molar-refractivity contribution is 6.31. The van der Waals surface area contributed by atoms with Crippen molar-refractivity contribution in [1.29, 1.82) is 0 Å². The van der Waals surface area contributed by atoms with E-state index in [4.69, 9.17) is 21.1 Å². The number of carbonyl (C=O) groups excluding carboxylic acids is 1. The Hall–Kier alpha value is -1.22. The molecule has 0 N–H and O–H groups in total. The van der Waals surface area contributed by atoms with Crippen molar-refractivity contribution in [3.63, 3.8) is 0 Å². The lowest BCUT2D eigenvalue weighted by Gasteiger charge is -2.13. The fourth-order valence-electron chi connectivity index (χ4n) is 1.86. The van der Waals surface area contributed by atoms with E-state index < -0.39 is 0 Å². The average Bonchev–Trinajstić information content (AvgIpc) is 2.43. The van der Waals surface area contributed by atoms with Gasteiger partial charge in [0.1, 0.15) is 0 Å². The van der Waals surface area contributed by atoms with Crippen molar-refractivity contribution in [2.24, 2.45) is 0 Å². The summed E-state index contributed by atoms with van der Waals surface area (Å²) in [5.41, 5.74) is 0.429. The molecule has 0 aliphatic carbocycles. The maximum absolute atomic E-state index is 11.0. The van der Waals surface area contributed by atoms with E-state index in [-0.39, 0.29) is 0 Å². The molecule has 1 rings (SSSR count).